The van der Waals surface area contributed by atoms with Gasteiger partial charge < -0.3 is 14.5 Å². The van der Waals surface area contributed by atoms with Gasteiger partial charge in [-0.05, 0) is 23.6 Å². The normalized spacial score (nSPS) is 16.9. The molecule has 0 spiro atoms. The fourth-order valence-corrected chi connectivity index (χ4v) is 3.81. The second-order valence-electron chi connectivity index (χ2n) is 6.19. The van der Waals surface area contributed by atoms with E-state index in [4.69, 9.17) is 4.74 Å². The van der Waals surface area contributed by atoms with Gasteiger partial charge in [0.2, 0.25) is 11.8 Å². The fourth-order valence-electron chi connectivity index (χ4n) is 3.09. The molecule has 1 aliphatic rings. The Morgan fingerprint density at radius 3 is 2.85 bits per heavy atom. The van der Waals surface area contributed by atoms with Crippen molar-refractivity contribution in [2.45, 2.75) is 13.0 Å². The van der Waals surface area contributed by atoms with Gasteiger partial charge >= 0.3 is 0 Å². The monoisotopic (exact) mass is 376 g/mol. The van der Waals surface area contributed by atoms with Crippen LogP contribution in [-0.4, -0.2) is 43.5 Å². The Bertz CT molecular complexity index is 766. The van der Waals surface area contributed by atoms with Crippen molar-refractivity contribution in [2.24, 2.45) is 5.92 Å². The largest absolute Gasteiger partial charge is 0.383 e. The van der Waals surface area contributed by atoms with Gasteiger partial charge in [-0.1, -0.05) is 18.2 Å². The summed E-state index contributed by atoms with van der Waals surface area (Å²) in [5.41, 5.74) is 0.231. The van der Waals surface area contributed by atoms with Crippen LogP contribution in [-0.2, 0) is 20.9 Å². The SMILES string of the molecule is COCCN(Cc1cccs1)C(=O)[C@H]1CC(=O)N(c2ccccc2F)C1. The third-order valence-electron chi connectivity index (χ3n) is 4.42. The molecule has 0 N–H and O–H groups in total. The molecule has 0 unspecified atom stereocenters. The molecular formula is C19H21FN2O3S. The number of para-hydroxylation sites is 1. The van der Waals surface area contributed by atoms with E-state index in [0.29, 0.717) is 19.7 Å². The molecule has 7 heteroatoms. The number of anilines is 1. The van der Waals surface area contributed by atoms with Crippen molar-refractivity contribution in [1.82, 2.24) is 4.90 Å². The van der Waals surface area contributed by atoms with Crippen molar-refractivity contribution in [2.75, 3.05) is 31.7 Å². The van der Waals surface area contributed by atoms with Crippen LogP contribution in [0.4, 0.5) is 10.1 Å². The van der Waals surface area contributed by atoms with Gasteiger partial charge in [-0.3, -0.25) is 9.59 Å². The molecule has 1 aliphatic heterocycles. The first-order valence-electron chi connectivity index (χ1n) is 8.45. The van der Waals surface area contributed by atoms with E-state index >= 15 is 0 Å². The summed E-state index contributed by atoms with van der Waals surface area (Å²) in [5.74, 6) is -1.25. The number of carbonyl (C=O) groups excluding carboxylic acids is 2. The summed E-state index contributed by atoms with van der Waals surface area (Å²) < 4.78 is 19.1. The molecule has 5 nitrogen and oxygen atoms in total. The van der Waals surface area contributed by atoms with Crippen molar-refractivity contribution >= 4 is 28.8 Å². The minimum Gasteiger partial charge on any atom is -0.383 e. The molecule has 1 saturated heterocycles. The Balaban J connectivity index is 1.73. The Hall–Kier alpha value is -2.25. The molecule has 0 radical (unpaired) electrons. The summed E-state index contributed by atoms with van der Waals surface area (Å²) in [5, 5.41) is 1.97. The summed E-state index contributed by atoms with van der Waals surface area (Å²) in [7, 11) is 1.59. The third-order valence-corrected chi connectivity index (χ3v) is 5.28. The summed E-state index contributed by atoms with van der Waals surface area (Å²) in [6.07, 6.45) is 0.0983. The zero-order chi connectivity index (χ0) is 18.5. The molecule has 2 amide bonds. The van der Waals surface area contributed by atoms with Crippen LogP contribution in [0.1, 0.15) is 11.3 Å². The molecule has 2 aromatic rings. The number of nitrogens with zero attached hydrogens (tertiary/aromatic N) is 2. The Kier molecular flexibility index (Phi) is 6.00. The number of carbonyl (C=O) groups is 2. The van der Waals surface area contributed by atoms with Gasteiger partial charge in [-0.25, -0.2) is 4.39 Å². The number of thiophene rings is 1. The number of benzene rings is 1. The number of rotatable bonds is 7. The zero-order valence-electron chi connectivity index (χ0n) is 14.6. The maximum Gasteiger partial charge on any atom is 0.228 e. The predicted molar refractivity (Wildman–Crippen MR) is 98.5 cm³/mol. The van der Waals surface area contributed by atoms with Gasteiger partial charge in [-0.2, -0.15) is 0 Å². The fraction of sp³-hybridized carbons (Fsp3) is 0.368. The van der Waals surface area contributed by atoms with Crippen molar-refractivity contribution in [3.05, 3.63) is 52.5 Å². The number of ether oxygens (including phenoxy) is 1. The first-order valence-corrected chi connectivity index (χ1v) is 9.33. The second-order valence-corrected chi connectivity index (χ2v) is 7.22. The van der Waals surface area contributed by atoms with Crippen LogP contribution in [0.15, 0.2) is 41.8 Å². The Morgan fingerprint density at radius 1 is 1.35 bits per heavy atom. The standard InChI is InChI=1S/C19H21FN2O3S/c1-25-9-8-21(13-15-5-4-10-26-15)19(24)14-11-18(23)22(12-14)17-7-3-2-6-16(17)20/h2-7,10,14H,8-9,11-13H2,1H3/t14-/m0/s1. The summed E-state index contributed by atoms with van der Waals surface area (Å²) in [4.78, 5) is 29.5. The molecule has 3 rings (SSSR count). The number of hydrogen-bond acceptors (Lipinski definition) is 4. The smallest absolute Gasteiger partial charge is 0.228 e. The Labute approximate surface area is 156 Å². The van der Waals surface area contributed by atoms with E-state index in [-0.39, 0.29) is 30.5 Å². The van der Waals surface area contributed by atoms with E-state index in [9.17, 15) is 14.0 Å². The van der Waals surface area contributed by atoms with Crippen LogP contribution >= 0.6 is 11.3 Å². The molecule has 138 valence electrons. The average Bonchev–Trinajstić information content (AvgIpc) is 3.28. The first-order chi connectivity index (χ1) is 12.6. The summed E-state index contributed by atoms with van der Waals surface area (Å²) in [6, 6.07) is 10.1. The molecule has 1 aromatic carbocycles. The van der Waals surface area contributed by atoms with E-state index < -0.39 is 11.7 Å². The minimum atomic E-state index is -0.473. The highest BCUT2D eigenvalue weighted by Crippen LogP contribution is 2.28. The molecule has 1 aromatic heterocycles. The van der Waals surface area contributed by atoms with Crippen molar-refractivity contribution in [3.8, 4) is 0 Å². The maximum absolute atomic E-state index is 14.0. The van der Waals surface area contributed by atoms with Crippen LogP contribution in [0.5, 0.6) is 0 Å². The van der Waals surface area contributed by atoms with Crippen LogP contribution in [0.25, 0.3) is 0 Å². The van der Waals surface area contributed by atoms with Gasteiger partial charge in [0.15, 0.2) is 0 Å². The molecular weight excluding hydrogens is 355 g/mol. The number of methoxy groups -OCH3 is 1. The molecule has 26 heavy (non-hydrogen) atoms. The van der Waals surface area contributed by atoms with Gasteiger partial charge in [0, 0.05) is 31.5 Å². The molecule has 1 fully saturated rings. The topological polar surface area (TPSA) is 49.9 Å². The summed E-state index contributed by atoms with van der Waals surface area (Å²) in [6.45, 7) is 1.57. The van der Waals surface area contributed by atoms with E-state index in [1.165, 1.54) is 11.0 Å². The lowest BCUT2D eigenvalue weighted by Crippen LogP contribution is -2.38. The highest BCUT2D eigenvalue weighted by molar-refractivity contribution is 7.09. The summed E-state index contributed by atoms with van der Waals surface area (Å²) >= 11 is 1.58. The number of hydrogen-bond donors (Lipinski definition) is 0. The quantitative estimate of drug-likeness (QED) is 0.747. The van der Waals surface area contributed by atoms with E-state index in [1.807, 2.05) is 17.5 Å². The van der Waals surface area contributed by atoms with E-state index in [1.54, 1.807) is 41.5 Å². The molecule has 0 bridgehead atoms. The van der Waals surface area contributed by atoms with E-state index in [0.717, 1.165) is 4.88 Å². The zero-order valence-corrected chi connectivity index (χ0v) is 15.4. The lowest BCUT2D eigenvalue weighted by Gasteiger charge is -2.25. The average molecular weight is 376 g/mol. The highest BCUT2D eigenvalue weighted by atomic mass is 32.1. The molecule has 2 heterocycles. The van der Waals surface area contributed by atoms with Crippen LogP contribution in [0.2, 0.25) is 0 Å². The molecule has 0 aliphatic carbocycles. The highest BCUT2D eigenvalue weighted by Gasteiger charge is 2.38. The first kappa shape index (κ1) is 18.5. The Morgan fingerprint density at radius 2 is 2.15 bits per heavy atom. The van der Waals surface area contributed by atoms with Crippen LogP contribution in [0.3, 0.4) is 0 Å². The second kappa shape index (κ2) is 8.42. The predicted octanol–water partition coefficient (Wildman–Crippen LogP) is 2.92. The lowest BCUT2D eigenvalue weighted by molar-refractivity contribution is -0.137. The lowest BCUT2D eigenvalue weighted by atomic mass is 10.1. The minimum absolute atomic E-state index is 0.0948. The molecule has 1 atom stereocenters. The van der Waals surface area contributed by atoms with Crippen LogP contribution in [0, 0.1) is 11.7 Å². The third kappa shape index (κ3) is 4.11. The van der Waals surface area contributed by atoms with Crippen LogP contribution < -0.4 is 4.90 Å². The maximum atomic E-state index is 14.0. The van der Waals surface area contributed by atoms with Crippen molar-refractivity contribution < 1.29 is 18.7 Å². The number of halogens is 1. The van der Waals surface area contributed by atoms with Gasteiger partial charge in [0.1, 0.15) is 5.82 Å². The van der Waals surface area contributed by atoms with E-state index in [2.05, 4.69) is 0 Å². The number of amides is 2. The molecule has 0 saturated carbocycles. The van der Waals surface area contributed by atoms with Gasteiger partial charge in [0.05, 0.1) is 24.8 Å². The van der Waals surface area contributed by atoms with Crippen molar-refractivity contribution in [1.29, 1.82) is 0 Å². The van der Waals surface area contributed by atoms with Gasteiger partial charge in [-0.15, -0.1) is 11.3 Å². The van der Waals surface area contributed by atoms with Gasteiger partial charge in [0.25, 0.3) is 0 Å². The van der Waals surface area contributed by atoms with Crippen molar-refractivity contribution in [3.63, 3.8) is 0 Å².